The van der Waals surface area contributed by atoms with E-state index in [-0.39, 0.29) is 52.4 Å². The van der Waals surface area contributed by atoms with Gasteiger partial charge >= 0.3 is 0 Å². The summed E-state index contributed by atoms with van der Waals surface area (Å²) in [5.74, 6) is -3.60. The second-order valence-corrected chi connectivity index (χ2v) is 12.1. The average Bonchev–Trinajstić information content (AvgIpc) is 3.65. The van der Waals surface area contributed by atoms with Crippen LogP contribution in [0, 0.1) is 0 Å². The lowest BCUT2D eigenvalue weighted by Gasteiger charge is -2.34. The number of benzene rings is 2. The molecule has 4 aliphatic rings. The number of rotatable bonds is 9. The van der Waals surface area contributed by atoms with Gasteiger partial charge in [-0.1, -0.05) is 30.3 Å². The molecule has 246 valence electrons. The minimum Gasteiger partial charge on any atom is -0.447 e. The molecule has 3 aromatic rings. The van der Waals surface area contributed by atoms with Crippen molar-refractivity contribution in [1.29, 1.82) is 0 Å². The van der Waals surface area contributed by atoms with Gasteiger partial charge in [0.15, 0.2) is 17.3 Å². The third-order valence-corrected chi connectivity index (χ3v) is 9.21. The molecule has 14 heteroatoms. The van der Waals surface area contributed by atoms with Crippen LogP contribution in [0.25, 0.3) is 0 Å². The van der Waals surface area contributed by atoms with Crippen molar-refractivity contribution in [3.05, 3.63) is 87.9 Å². The summed E-state index contributed by atoms with van der Waals surface area (Å²) in [6, 6.07) is 11.8. The molecule has 1 aliphatic carbocycles. The number of nitrogens with one attached hydrogen (secondary N) is 3. The molecule has 5 amide bonds. The van der Waals surface area contributed by atoms with Crippen molar-refractivity contribution in [2.45, 2.75) is 18.9 Å². The number of carbonyl (C=O) groups excluding carboxylic acids is 7. The second-order valence-electron chi connectivity index (χ2n) is 12.1. The van der Waals surface area contributed by atoms with Crippen molar-refractivity contribution in [2.24, 2.45) is 0 Å². The van der Waals surface area contributed by atoms with Gasteiger partial charge in [0, 0.05) is 81.7 Å². The van der Waals surface area contributed by atoms with Gasteiger partial charge in [0.05, 0.1) is 16.7 Å². The molecule has 1 unspecified atom stereocenters. The fourth-order valence-electron chi connectivity index (χ4n) is 6.65. The van der Waals surface area contributed by atoms with Crippen molar-refractivity contribution in [2.75, 3.05) is 57.7 Å². The highest BCUT2D eigenvalue weighted by Gasteiger charge is 2.45. The number of fused-ring (bicyclic) bond motifs is 3. The van der Waals surface area contributed by atoms with Crippen molar-refractivity contribution >= 4 is 46.8 Å². The molecule has 0 bridgehead atoms. The Morgan fingerprint density at radius 1 is 0.792 bits per heavy atom. The zero-order chi connectivity index (χ0) is 33.5. The molecule has 3 aliphatic heterocycles. The normalized spacial score (nSPS) is 19.6. The van der Waals surface area contributed by atoms with Crippen molar-refractivity contribution in [3.63, 3.8) is 0 Å². The van der Waals surface area contributed by atoms with Crippen LogP contribution < -0.4 is 16.0 Å². The standard InChI is InChI=1S/C34H32N6O8/c41-26-9-8-24(31(44)37-26)40-33(46)21-6-3-7-23(27(21)34(40)47)35-10-12-38-14-16-39(17-15-38)13-11-36-32(45)25-18-22-28(42)19-4-1-2-5-20(19)29(43)30(22)48-25/h1-7,18,24,35H,8-17H2,(H,36,45)(H,37,41,44). The summed E-state index contributed by atoms with van der Waals surface area (Å²) in [5, 5.41) is 8.30. The largest absolute Gasteiger partial charge is 0.447 e. The van der Waals surface area contributed by atoms with Gasteiger partial charge in [-0.3, -0.25) is 53.6 Å². The minimum absolute atomic E-state index is 0.0611. The molecule has 48 heavy (non-hydrogen) atoms. The van der Waals surface area contributed by atoms with Gasteiger partial charge in [0.25, 0.3) is 17.7 Å². The highest BCUT2D eigenvalue weighted by atomic mass is 16.4. The smallest absolute Gasteiger partial charge is 0.287 e. The highest BCUT2D eigenvalue weighted by Crippen LogP contribution is 2.33. The first kappa shape index (κ1) is 31.1. The van der Waals surface area contributed by atoms with Crippen LogP contribution in [-0.4, -0.2) is 114 Å². The van der Waals surface area contributed by atoms with Gasteiger partial charge in [0.1, 0.15) is 6.04 Å². The van der Waals surface area contributed by atoms with Gasteiger partial charge in [-0.25, -0.2) is 0 Å². The number of hydrogen-bond acceptors (Lipinski definition) is 11. The van der Waals surface area contributed by atoms with Crippen LogP contribution in [0.1, 0.15) is 76.2 Å². The summed E-state index contributed by atoms with van der Waals surface area (Å²) in [6.45, 7) is 5.32. The first-order valence-corrected chi connectivity index (χ1v) is 15.8. The topological polar surface area (TPSA) is 178 Å². The summed E-state index contributed by atoms with van der Waals surface area (Å²) in [4.78, 5) is 94.2. The van der Waals surface area contributed by atoms with E-state index in [4.69, 9.17) is 4.42 Å². The van der Waals surface area contributed by atoms with Crippen LogP contribution in [0.3, 0.4) is 0 Å². The lowest BCUT2D eigenvalue weighted by molar-refractivity contribution is -0.136. The summed E-state index contributed by atoms with van der Waals surface area (Å²) in [7, 11) is 0. The molecule has 3 N–H and O–H groups in total. The van der Waals surface area contributed by atoms with Crippen LogP contribution in [0.2, 0.25) is 0 Å². The molecule has 0 spiro atoms. The second kappa shape index (κ2) is 12.6. The third-order valence-electron chi connectivity index (χ3n) is 9.21. The lowest BCUT2D eigenvalue weighted by Crippen LogP contribution is -2.54. The quantitative estimate of drug-likeness (QED) is 0.219. The van der Waals surface area contributed by atoms with Crippen LogP contribution in [0.5, 0.6) is 0 Å². The van der Waals surface area contributed by atoms with Gasteiger partial charge in [-0.05, 0) is 18.6 Å². The first-order chi connectivity index (χ1) is 23.2. The molecule has 1 aromatic heterocycles. The Morgan fingerprint density at radius 3 is 2.17 bits per heavy atom. The Labute approximate surface area is 274 Å². The predicted octanol–water partition coefficient (Wildman–Crippen LogP) is 0.916. The molecular weight excluding hydrogens is 620 g/mol. The first-order valence-electron chi connectivity index (χ1n) is 15.8. The van der Waals surface area contributed by atoms with E-state index >= 15 is 0 Å². The molecule has 1 atom stereocenters. The predicted molar refractivity (Wildman–Crippen MR) is 169 cm³/mol. The van der Waals surface area contributed by atoms with Crippen LogP contribution >= 0.6 is 0 Å². The molecule has 7 rings (SSSR count). The SMILES string of the molecule is O=C1CCC(N2C(=O)c3cccc(NCCN4CCN(CCNC(=O)c5cc6c(o5)C(=O)c5ccccc5C6=O)CC4)c3C2=O)C(=O)N1. The summed E-state index contributed by atoms with van der Waals surface area (Å²) in [6.07, 6.45) is 0.161. The van der Waals surface area contributed by atoms with Crippen molar-refractivity contribution < 1.29 is 38.0 Å². The third kappa shape index (κ3) is 5.58. The van der Waals surface area contributed by atoms with Crippen LogP contribution in [-0.2, 0) is 9.59 Å². The Bertz CT molecular complexity index is 1840. The molecule has 2 fully saturated rings. The van der Waals surface area contributed by atoms with E-state index in [0.717, 1.165) is 31.1 Å². The Balaban J connectivity index is 0.861. The van der Waals surface area contributed by atoms with Crippen molar-refractivity contribution in [3.8, 4) is 0 Å². The number of amides is 5. The van der Waals surface area contributed by atoms with Crippen LogP contribution in [0.4, 0.5) is 5.69 Å². The lowest BCUT2D eigenvalue weighted by atomic mass is 9.89. The van der Waals surface area contributed by atoms with Crippen molar-refractivity contribution in [1.82, 2.24) is 25.3 Å². The maximum atomic E-state index is 13.3. The highest BCUT2D eigenvalue weighted by molar-refractivity contribution is 6.28. The van der Waals surface area contributed by atoms with Gasteiger partial charge in [-0.15, -0.1) is 0 Å². The number of ketones is 2. The van der Waals surface area contributed by atoms with E-state index in [1.165, 1.54) is 6.07 Å². The van der Waals surface area contributed by atoms with E-state index in [9.17, 15) is 33.6 Å². The van der Waals surface area contributed by atoms with E-state index in [1.54, 1.807) is 42.5 Å². The number of imide groups is 2. The Hall–Kier alpha value is -5.47. The van der Waals surface area contributed by atoms with Gasteiger partial charge in [-0.2, -0.15) is 0 Å². The number of anilines is 1. The van der Waals surface area contributed by atoms with E-state index < -0.39 is 41.4 Å². The maximum absolute atomic E-state index is 13.3. The maximum Gasteiger partial charge on any atom is 0.287 e. The zero-order valence-electron chi connectivity index (χ0n) is 25.9. The number of hydrogen-bond donors (Lipinski definition) is 3. The number of nitrogens with zero attached hydrogens (tertiary/aromatic N) is 3. The number of carbonyl (C=O) groups is 7. The molecule has 14 nitrogen and oxygen atoms in total. The number of piperidine rings is 1. The van der Waals surface area contributed by atoms with Gasteiger partial charge in [0.2, 0.25) is 17.6 Å². The molecule has 0 saturated carbocycles. The summed E-state index contributed by atoms with van der Waals surface area (Å²) in [5.41, 5.74) is 1.64. The van der Waals surface area contributed by atoms with E-state index in [0.29, 0.717) is 37.4 Å². The summed E-state index contributed by atoms with van der Waals surface area (Å²) < 4.78 is 5.54. The molecule has 4 heterocycles. The van der Waals surface area contributed by atoms with Crippen LogP contribution in [0.15, 0.2) is 52.9 Å². The molecular formula is C34H32N6O8. The number of piperazine rings is 1. The average molecular weight is 653 g/mol. The Kier molecular flexibility index (Phi) is 8.19. The molecule has 2 aromatic carbocycles. The molecule has 0 radical (unpaired) electrons. The fourth-order valence-corrected chi connectivity index (χ4v) is 6.65. The van der Waals surface area contributed by atoms with Gasteiger partial charge < -0.3 is 15.1 Å². The van der Waals surface area contributed by atoms with E-state index in [1.807, 2.05) is 0 Å². The Morgan fingerprint density at radius 2 is 1.46 bits per heavy atom. The fraction of sp³-hybridized carbons (Fsp3) is 0.324. The molecule has 2 saturated heterocycles. The minimum atomic E-state index is -1.02. The number of furan rings is 1. The monoisotopic (exact) mass is 652 g/mol. The van der Waals surface area contributed by atoms with E-state index in [2.05, 4.69) is 25.8 Å². The zero-order valence-corrected chi connectivity index (χ0v) is 25.9. The summed E-state index contributed by atoms with van der Waals surface area (Å²) >= 11 is 0.